The van der Waals surface area contributed by atoms with E-state index in [9.17, 15) is 4.79 Å². The molecule has 0 radical (unpaired) electrons. The number of nitrogens with zero attached hydrogens (tertiary/aromatic N) is 2. The van der Waals surface area contributed by atoms with Crippen LogP contribution in [0.2, 0.25) is 5.02 Å². The van der Waals surface area contributed by atoms with Crippen LogP contribution < -0.4 is 0 Å². The smallest absolute Gasteiger partial charge is 0.360 e. The fraction of sp³-hybridized carbons (Fsp3) is 0.200. The zero-order valence-corrected chi connectivity index (χ0v) is 22.0. The summed E-state index contributed by atoms with van der Waals surface area (Å²) in [5.41, 5.74) is 5.38. The van der Waals surface area contributed by atoms with Gasteiger partial charge in [0.15, 0.2) is 11.5 Å². The molecule has 0 spiro atoms. The lowest BCUT2D eigenvalue weighted by molar-refractivity contribution is -0.137. The molecule has 0 aromatic heterocycles. The number of rotatable bonds is 6. The van der Waals surface area contributed by atoms with Crippen LogP contribution in [-0.2, 0) is 20.9 Å². The van der Waals surface area contributed by atoms with E-state index in [4.69, 9.17) is 21.1 Å². The molecule has 5 nitrogen and oxygen atoms in total. The number of hydrogen-bond donors (Lipinski definition) is 0. The zero-order valence-electron chi connectivity index (χ0n) is 21.3. The Morgan fingerprint density at radius 2 is 1.58 bits per heavy atom. The van der Waals surface area contributed by atoms with Crippen molar-refractivity contribution in [2.75, 3.05) is 7.11 Å². The van der Waals surface area contributed by atoms with E-state index in [-0.39, 0.29) is 12.3 Å². The Bertz CT molecular complexity index is 1280. The van der Waals surface area contributed by atoms with Gasteiger partial charge in [-0.05, 0) is 42.7 Å². The van der Waals surface area contributed by atoms with Crippen LogP contribution >= 0.6 is 11.6 Å². The minimum Gasteiger partial charge on any atom is -0.486 e. The van der Waals surface area contributed by atoms with Crippen molar-refractivity contribution < 1.29 is 14.3 Å². The molecule has 6 heteroatoms. The van der Waals surface area contributed by atoms with Crippen LogP contribution in [0.25, 0.3) is 22.6 Å². The lowest BCUT2D eigenvalue weighted by Gasteiger charge is -2.33. The van der Waals surface area contributed by atoms with Crippen LogP contribution in [0.3, 0.4) is 0 Å². The van der Waals surface area contributed by atoms with Gasteiger partial charge < -0.3 is 9.47 Å². The summed E-state index contributed by atoms with van der Waals surface area (Å²) in [7, 11) is 1.34. The number of esters is 1. The highest BCUT2D eigenvalue weighted by atomic mass is 35.5. The van der Waals surface area contributed by atoms with Crippen molar-refractivity contribution in [3.05, 3.63) is 106 Å². The number of fused-ring (bicyclic) bond motifs is 1. The van der Waals surface area contributed by atoms with Gasteiger partial charge in [-0.2, -0.15) is 5.10 Å². The van der Waals surface area contributed by atoms with E-state index >= 15 is 0 Å². The average molecular weight is 503 g/mol. The Labute approximate surface area is 218 Å². The number of halogens is 1. The van der Waals surface area contributed by atoms with Crippen LogP contribution in [-0.4, -0.2) is 24.3 Å². The summed E-state index contributed by atoms with van der Waals surface area (Å²) < 4.78 is 11.5. The maximum atomic E-state index is 13.0. The Morgan fingerprint density at radius 3 is 2.17 bits per heavy atom. The molecule has 3 aromatic rings. The maximum Gasteiger partial charge on any atom is 0.360 e. The van der Waals surface area contributed by atoms with Gasteiger partial charge in [0.2, 0.25) is 0 Å². The molecule has 0 atom stereocenters. The second-order valence-electron chi connectivity index (χ2n) is 7.54. The van der Waals surface area contributed by atoms with Crippen molar-refractivity contribution in [1.82, 2.24) is 5.01 Å². The summed E-state index contributed by atoms with van der Waals surface area (Å²) in [6, 6.07) is 23.5. The number of hydrazone groups is 1. The van der Waals surface area contributed by atoms with Gasteiger partial charge >= 0.3 is 5.97 Å². The van der Waals surface area contributed by atoms with Gasteiger partial charge in [0, 0.05) is 22.4 Å². The first-order valence-electron chi connectivity index (χ1n) is 11.9. The molecule has 0 saturated heterocycles. The van der Waals surface area contributed by atoms with E-state index < -0.39 is 5.97 Å². The normalized spacial score (nSPS) is 13.8. The number of methoxy groups -OCH3 is 1. The monoisotopic (exact) mass is 502 g/mol. The van der Waals surface area contributed by atoms with Crippen LogP contribution in [0.4, 0.5) is 0 Å². The SMILES string of the molecule is C/C=N\N1C(C(=O)OC)=C(OCc2ccccc2)c2cc(Cl)cc(-c3ccccc3)c2/C1=C\C.CC. The first-order chi connectivity index (χ1) is 17.6. The number of carbonyl (C=O) groups excluding carboxylic acids is 1. The molecule has 186 valence electrons. The first kappa shape index (κ1) is 26.8. The zero-order chi connectivity index (χ0) is 26.1. The predicted octanol–water partition coefficient (Wildman–Crippen LogP) is 7.77. The Morgan fingerprint density at radius 1 is 0.972 bits per heavy atom. The minimum absolute atomic E-state index is 0.193. The average Bonchev–Trinajstić information content (AvgIpc) is 2.93. The summed E-state index contributed by atoms with van der Waals surface area (Å²) in [6.45, 7) is 7.96. The lowest BCUT2D eigenvalue weighted by Crippen LogP contribution is -2.29. The Balaban J connectivity index is 0.00000176. The van der Waals surface area contributed by atoms with E-state index in [1.165, 1.54) is 7.11 Å². The van der Waals surface area contributed by atoms with E-state index in [0.717, 1.165) is 28.0 Å². The molecule has 1 aliphatic heterocycles. The third-order valence-corrected chi connectivity index (χ3v) is 5.67. The van der Waals surface area contributed by atoms with Gasteiger partial charge in [-0.25, -0.2) is 9.80 Å². The summed E-state index contributed by atoms with van der Waals surface area (Å²) in [6.07, 6.45) is 3.55. The second-order valence-corrected chi connectivity index (χ2v) is 7.98. The number of hydrogen-bond acceptors (Lipinski definition) is 5. The van der Waals surface area contributed by atoms with Crippen molar-refractivity contribution in [2.24, 2.45) is 5.10 Å². The number of carbonyl (C=O) groups is 1. The van der Waals surface area contributed by atoms with Crippen molar-refractivity contribution in [3.63, 3.8) is 0 Å². The van der Waals surface area contributed by atoms with Gasteiger partial charge in [0.25, 0.3) is 0 Å². The maximum absolute atomic E-state index is 13.0. The van der Waals surface area contributed by atoms with Crippen molar-refractivity contribution in [1.29, 1.82) is 0 Å². The number of benzene rings is 3. The molecule has 0 saturated carbocycles. The van der Waals surface area contributed by atoms with Gasteiger partial charge in [-0.3, -0.25) is 0 Å². The molecular formula is C30H31ClN2O3. The largest absolute Gasteiger partial charge is 0.486 e. The Hall–Kier alpha value is -3.83. The standard InChI is InChI=1S/C28H25ClN2O3.C2H6/c1-4-24-25-22(20-14-10-7-11-15-20)16-21(29)17-23(25)27(34-18-19-12-8-6-9-13-19)26(28(32)33-3)31(24)30-5-2;1-2/h4-17H,18H2,1-3H3;1-2H3/b24-4+,30-5-;. The summed E-state index contributed by atoms with van der Waals surface area (Å²) >= 11 is 6.61. The van der Waals surface area contributed by atoms with E-state index in [1.54, 1.807) is 18.1 Å². The highest BCUT2D eigenvalue weighted by molar-refractivity contribution is 6.31. The molecule has 3 aromatic carbocycles. The fourth-order valence-electron chi connectivity index (χ4n) is 4.01. The topological polar surface area (TPSA) is 51.1 Å². The first-order valence-corrected chi connectivity index (χ1v) is 12.3. The van der Waals surface area contributed by atoms with Crippen molar-refractivity contribution in [2.45, 2.75) is 34.3 Å². The summed E-state index contributed by atoms with van der Waals surface area (Å²) in [5, 5.41) is 6.63. The van der Waals surface area contributed by atoms with Crippen molar-refractivity contribution >= 4 is 35.2 Å². The van der Waals surface area contributed by atoms with Gasteiger partial charge in [0.05, 0.1) is 12.8 Å². The predicted molar refractivity (Wildman–Crippen MR) is 148 cm³/mol. The molecule has 36 heavy (non-hydrogen) atoms. The summed E-state index contributed by atoms with van der Waals surface area (Å²) in [4.78, 5) is 13.0. The van der Waals surface area contributed by atoms with Crippen LogP contribution in [0.15, 0.2) is 89.7 Å². The Kier molecular flexibility index (Phi) is 9.48. The van der Waals surface area contributed by atoms with Crippen LogP contribution in [0.1, 0.15) is 44.4 Å². The molecule has 4 rings (SSSR count). The lowest BCUT2D eigenvalue weighted by atomic mass is 9.89. The molecule has 0 bridgehead atoms. The quantitative estimate of drug-likeness (QED) is 0.255. The molecule has 0 unspecified atom stereocenters. The third kappa shape index (κ3) is 5.52. The molecule has 0 fully saturated rings. The van der Waals surface area contributed by atoms with Crippen LogP contribution in [0.5, 0.6) is 0 Å². The van der Waals surface area contributed by atoms with E-state index in [2.05, 4.69) is 5.10 Å². The number of ether oxygens (including phenoxy) is 2. The van der Waals surface area contributed by atoms with E-state index in [1.807, 2.05) is 99.6 Å². The molecule has 1 heterocycles. The second kappa shape index (κ2) is 12.8. The van der Waals surface area contributed by atoms with E-state index in [0.29, 0.717) is 16.3 Å². The molecular weight excluding hydrogens is 472 g/mol. The van der Waals surface area contributed by atoms with Gasteiger partial charge in [0.1, 0.15) is 6.61 Å². The van der Waals surface area contributed by atoms with Crippen molar-refractivity contribution in [3.8, 4) is 11.1 Å². The van der Waals surface area contributed by atoms with Crippen LogP contribution in [0, 0.1) is 0 Å². The highest BCUT2D eigenvalue weighted by Gasteiger charge is 2.37. The van der Waals surface area contributed by atoms with Gasteiger partial charge in [-0.1, -0.05) is 92.2 Å². The fourth-order valence-corrected chi connectivity index (χ4v) is 4.23. The van der Waals surface area contributed by atoms with Gasteiger partial charge in [-0.15, -0.1) is 0 Å². The minimum atomic E-state index is -0.556. The summed E-state index contributed by atoms with van der Waals surface area (Å²) in [5.74, 6) is -0.193. The molecule has 0 amide bonds. The molecule has 0 N–H and O–H groups in total. The number of allylic oxidation sites excluding steroid dienone is 1. The molecule has 1 aliphatic rings. The highest BCUT2D eigenvalue weighted by Crippen LogP contribution is 2.45. The third-order valence-electron chi connectivity index (χ3n) is 5.45. The molecule has 0 aliphatic carbocycles.